The van der Waals surface area contributed by atoms with Crippen molar-refractivity contribution in [2.24, 2.45) is 0 Å². The van der Waals surface area contributed by atoms with Crippen molar-refractivity contribution < 1.29 is 23.8 Å². The van der Waals surface area contributed by atoms with E-state index >= 15 is 0 Å². The van der Waals surface area contributed by atoms with Gasteiger partial charge >= 0.3 is 0 Å². The van der Waals surface area contributed by atoms with E-state index in [0.29, 0.717) is 29.9 Å². The molecule has 0 bridgehead atoms. The first kappa shape index (κ1) is 23.9. The van der Waals surface area contributed by atoms with Crippen LogP contribution in [0.3, 0.4) is 0 Å². The summed E-state index contributed by atoms with van der Waals surface area (Å²) in [6.45, 7) is 2.38. The lowest BCUT2D eigenvalue weighted by Gasteiger charge is -2.38. The van der Waals surface area contributed by atoms with Crippen LogP contribution in [0.4, 0.5) is 5.69 Å². The van der Waals surface area contributed by atoms with Crippen LogP contribution in [-0.2, 0) is 12.1 Å². The van der Waals surface area contributed by atoms with Gasteiger partial charge in [-0.25, -0.2) is 0 Å². The molecule has 5 rings (SSSR count). The highest BCUT2D eigenvalue weighted by atomic mass is 16.5. The summed E-state index contributed by atoms with van der Waals surface area (Å²) in [5.74, 6) is 1.27. The number of benzene rings is 3. The summed E-state index contributed by atoms with van der Waals surface area (Å²) in [5, 5.41) is 15.1. The standard InChI is InChI=1S/C29H30N2O5/c1-34-23-7-5-6-20(16-23)19-31-14-12-29(33,13-15-31)22-10-11-25-21(17-22)18-27(36-25)28(32)30-24-8-3-4-9-26(24)35-2/h3-11,16-18,33H,12-15,19H2,1-2H3,(H,30,32). The number of nitrogens with one attached hydrogen (secondary N) is 1. The zero-order valence-corrected chi connectivity index (χ0v) is 20.5. The summed E-state index contributed by atoms with van der Waals surface area (Å²) < 4.78 is 16.4. The zero-order valence-electron chi connectivity index (χ0n) is 20.5. The number of aliphatic hydroxyl groups is 1. The van der Waals surface area contributed by atoms with Crippen molar-refractivity contribution in [2.45, 2.75) is 25.0 Å². The first-order valence-corrected chi connectivity index (χ1v) is 12.0. The van der Waals surface area contributed by atoms with Crippen molar-refractivity contribution in [1.29, 1.82) is 0 Å². The Kier molecular flexibility index (Phi) is 6.67. The van der Waals surface area contributed by atoms with E-state index in [1.165, 1.54) is 5.56 Å². The van der Waals surface area contributed by atoms with Crippen molar-refractivity contribution >= 4 is 22.6 Å². The van der Waals surface area contributed by atoms with Gasteiger partial charge in [-0.1, -0.05) is 30.3 Å². The quantitative estimate of drug-likeness (QED) is 0.374. The SMILES string of the molecule is COc1cccc(CN2CCC(O)(c3ccc4oc(C(=O)Nc5ccccc5OC)cc4c3)CC2)c1. The minimum atomic E-state index is -0.920. The lowest BCUT2D eigenvalue weighted by atomic mass is 9.84. The van der Waals surface area contributed by atoms with Gasteiger partial charge in [0, 0.05) is 25.0 Å². The van der Waals surface area contributed by atoms with Crippen LogP contribution in [0.2, 0.25) is 0 Å². The van der Waals surface area contributed by atoms with E-state index in [1.54, 1.807) is 32.4 Å². The number of rotatable bonds is 7. The number of anilines is 1. The van der Waals surface area contributed by atoms with E-state index in [2.05, 4.69) is 22.3 Å². The number of amides is 1. The topological polar surface area (TPSA) is 84.2 Å². The summed E-state index contributed by atoms with van der Waals surface area (Å²) in [5.41, 5.74) is 2.28. The fourth-order valence-corrected chi connectivity index (χ4v) is 4.78. The van der Waals surface area contributed by atoms with Gasteiger partial charge in [-0.15, -0.1) is 0 Å². The molecule has 1 amide bonds. The molecule has 36 heavy (non-hydrogen) atoms. The maximum Gasteiger partial charge on any atom is 0.291 e. The highest BCUT2D eigenvalue weighted by Crippen LogP contribution is 2.36. The molecule has 1 aliphatic heterocycles. The molecule has 2 heterocycles. The third kappa shape index (κ3) is 4.94. The maximum atomic E-state index is 12.8. The van der Waals surface area contributed by atoms with E-state index in [1.807, 2.05) is 42.5 Å². The number of fused-ring (bicyclic) bond motifs is 1. The summed E-state index contributed by atoms with van der Waals surface area (Å²) >= 11 is 0. The van der Waals surface area contributed by atoms with E-state index in [-0.39, 0.29) is 11.7 Å². The van der Waals surface area contributed by atoms with Gasteiger partial charge in [-0.3, -0.25) is 9.69 Å². The second kappa shape index (κ2) is 10.0. The minimum absolute atomic E-state index is 0.202. The molecule has 0 aliphatic carbocycles. The van der Waals surface area contributed by atoms with Gasteiger partial charge in [0.25, 0.3) is 5.91 Å². The van der Waals surface area contributed by atoms with Gasteiger partial charge in [0.15, 0.2) is 5.76 Å². The Morgan fingerprint density at radius 2 is 1.81 bits per heavy atom. The molecule has 0 unspecified atom stereocenters. The summed E-state index contributed by atoms with van der Waals surface area (Å²) in [7, 11) is 3.23. The highest BCUT2D eigenvalue weighted by molar-refractivity contribution is 6.05. The van der Waals surface area contributed by atoms with E-state index < -0.39 is 5.60 Å². The monoisotopic (exact) mass is 486 g/mol. The number of carbonyl (C=O) groups is 1. The van der Waals surface area contributed by atoms with Crippen molar-refractivity contribution in [3.63, 3.8) is 0 Å². The number of methoxy groups -OCH3 is 2. The van der Waals surface area contributed by atoms with Gasteiger partial charge in [0.1, 0.15) is 17.1 Å². The molecular formula is C29H30N2O5. The zero-order chi connectivity index (χ0) is 25.1. The molecule has 1 aliphatic rings. The Hall–Kier alpha value is -3.81. The largest absolute Gasteiger partial charge is 0.497 e. The van der Waals surface area contributed by atoms with Gasteiger partial charge in [0.2, 0.25) is 0 Å². The second-order valence-corrected chi connectivity index (χ2v) is 9.18. The molecule has 0 atom stereocenters. The number of carbonyl (C=O) groups excluding carboxylic acids is 1. The average Bonchev–Trinajstić information content (AvgIpc) is 3.34. The van der Waals surface area contributed by atoms with E-state index in [9.17, 15) is 9.90 Å². The molecule has 3 aromatic carbocycles. The molecule has 186 valence electrons. The Bertz CT molecular complexity index is 1370. The Balaban J connectivity index is 1.27. The number of likely N-dealkylation sites (tertiary alicyclic amines) is 1. The number of piperidine rings is 1. The van der Waals surface area contributed by atoms with Crippen LogP contribution < -0.4 is 14.8 Å². The van der Waals surface area contributed by atoms with Crippen LogP contribution in [0.1, 0.15) is 34.5 Å². The summed E-state index contributed by atoms with van der Waals surface area (Å²) in [4.78, 5) is 15.2. The molecular weight excluding hydrogens is 456 g/mol. The number of furan rings is 1. The fourth-order valence-electron chi connectivity index (χ4n) is 4.78. The van der Waals surface area contributed by atoms with E-state index in [0.717, 1.165) is 36.3 Å². The molecule has 1 saturated heterocycles. The van der Waals surface area contributed by atoms with Gasteiger partial charge in [0.05, 0.1) is 25.5 Å². The van der Waals surface area contributed by atoms with Gasteiger partial charge in [-0.05, 0) is 66.4 Å². The van der Waals surface area contributed by atoms with Crippen LogP contribution in [0.5, 0.6) is 11.5 Å². The maximum absolute atomic E-state index is 12.8. The highest BCUT2D eigenvalue weighted by Gasteiger charge is 2.34. The normalized spacial score (nSPS) is 15.5. The summed E-state index contributed by atoms with van der Waals surface area (Å²) in [6.07, 6.45) is 1.25. The number of hydrogen-bond acceptors (Lipinski definition) is 6. The number of para-hydroxylation sites is 2. The third-order valence-corrected chi connectivity index (χ3v) is 6.86. The summed E-state index contributed by atoms with van der Waals surface area (Å²) in [6, 6.07) is 22.7. The van der Waals surface area contributed by atoms with Crippen LogP contribution in [0.15, 0.2) is 77.2 Å². The molecule has 7 heteroatoms. The predicted molar refractivity (Wildman–Crippen MR) is 139 cm³/mol. The number of hydrogen-bond donors (Lipinski definition) is 2. The van der Waals surface area contributed by atoms with Gasteiger partial charge in [-0.2, -0.15) is 0 Å². The van der Waals surface area contributed by atoms with Crippen molar-refractivity contribution in [3.05, 3.63) is 89.7 Å². The van der Waals surface area contributed by atoms with Crippen LogP contribution in [0, 0.1) is 0 Å². The Morgan fingerprint density at radius 1 is 1.00 bits per heavy atom. The van der Waals surface area contributed by atoms with Crippen molar-refractivity contribution in [1.82, 2.24) is 4.90 Å². The predicted octanol–water partition coefficient (Wildman–Crippen LogP) is 5.19. The van der Waals surface area contributed by atoms with Crippen LogP contribution in [-0.4, -0.2) is 43.2 Å². The lowest BCUT2D eigenvalue weighted by molar-refractivity contribution is -0.0276. The number of nitrogens with zero attached hydrogens (tertiary/aromatic N) is 1. The average molecular weight is 487 g/mol. The third-order valence-electron chi connectivity index (χ3n) is 6.86. The molecule has 0 saturated carbocycles. The fraction of sp³-hybridized carbons (Fsp3) is 0.276. The molecule has 1 fully saturated rings. The first-order valence-electron chi connectivity index (χ1n) is 12.0. The molecule has 0 radical (unpaired) electrons. The van der Waals surface area contributed by atoms with Crippen LogP contribution in [0.25, 0.3) is 11.0 Å². The number of ether oxygens (including phenoxy) is 2. The second-order valence-electron chi connectivity index (χ2n) is 9.18. The Labute approximate surface area is 210 Å². The van der Waals surface area contributed by atoms with Crippen LogP contribution >= 0.6 is 0 Å². The first-order chi connectivity index (χ1) is 17.5. The van der Waals surface area contributed by atoms with Crippen molar-refractivity contribution in [2.75, 3.05) is 32.6 Å². The Morgan fingerprint density at radius 3 is 2.58 bits per heavy atom. The smallest absolute Gasteiger partial charge is 0.291 e. The van der Waals surface area contributed by atoms with E-state index in [4.69, 9.17) is 13.9 Å². The van der Waals surface area contributed by atoms with Gasteiger partial charge < -0.3 is 24.3 Å². The minimum Gasteiger partial charge on any atom is -0.497 e. The lowest BCUT2D eigenvalue weighted by Crippen LogP contribution is -2.42. The molecule has 2 N–H and O–H groups in total. The molecule has 7 nitrogen and oxygen atoms in total. The molecule has 0 spiro atoms. The van der Waals surface area contributed by atoms with Crippen molar-refractivity contribution in [3.8, 4) is 11.5 Å². The molecule has 4 aromatic rings. The molecule has 1 aromatic heterocycles.